The van der Waals surface area contributed by atoms with Crippen molar-refractivity contribution in [2.75, 3.05) is 11.9 Å². The van der Waals surface area contributed by atoms with Crippen LogP contribution in [0.5, 0.6) is 11.5 Å². The van der Waals surface area contributed by atoms with Crippen LogP contribution < -0.4 is 14.8 Å². The van der Waals surface area contributed by atoms with Gasteiger partial charge in [-0.2, -0.15) is 0 Å². The van der Waals surface area contributed by atoms with Crippen LogP contribution in [-0.4, -0.2) is 18.6 Å². The highest BCUT2D eigenvalue weighted by molar-refractivity contribution is 6.30. The van der Waals surface area contributed by atoms with E-state index in [9.17, 15) is 4.79 Å². The van der Waals surface area contributed by atoms with Crippen molar-refractivity contribution in [3.8, 4) is 11.5 Å². The highest BCUT2D eigenvalue weighted by atomic mass is 35.5. The molecule has 0 fully saturated rings. The molecule has 0 radical (unpaired) electrons. The predicted molar refractivity (Wildman–Crippen MR) is 92.4 cm³/mol. The summed E-state index contributed by atoms with van der Waals surface area (Å²) in [4.78, 5) is 12.5. The van der Waals surface area contributed by atoms with Gasteiger partial charge in [-0.25, -0.2) is 0 Å². The van der Waals surface area contributed by atoms with E-state index in [1.54, 1.807) is 30.3 Å². The number of carbonyl (C=O) groups is 1. The van der Waals surface area contributed by atoms with Crippen molar-refractivity contribution in [2.45, 2.75) is 26.4 Å². The first-order chi connectivity index (χ1) is 11.1. The lowest BCUT2D eigenvalue weighted by molar-refractivity contribution is -0.122. The lowest BCUT2D eigenvalue weighted by Gasteiger charge is -2.18. The second-order valence-electron chi connectivity index (χ2n) is 4.89. The third-order valence-electron chi connectivity index (χ3n) is 3.20. The van der Waals surface area contributed by atoms with Crippen molar-refractivity contribution >= 4 is 23.2 Å². The number of carbonyl (C=O) groups excluding carboxylic acids is 1. The first-order valence-corrected chi connectivity index (χ1v) is 7.96. The number of para-hydroxylation sites is 2. The van der Waals surface area contributed by atoms with Crippen LogP contribution in [0.4, 0.5) is 5.69 Å². The Morgan fingerprint density at radius 3 is 2.48 bits per heavy atom. The third kappa shape index (κ3) is 4.89. The van der Waals surface area contributed by atoms with E-state index in [2.05, 4.69) is 5.32 Å². The van der Waals surface area contributed by atoms with Crippen LogP contribution in [0.3, 0.4) is 0 Å². The normalized spacial score (nSPS) is 11.6. The van der Waals surface area contributed by atoms with Gasteiger partial charge in [-0.1, -0.05) is 30.7 Å². The van der Waals surface area contributed by atoms with Crippen molar-refractivity contribution in [2.24, 2.45) is 0 Å². The van der Waals surface area contributed by atoms with Crippen LogP contribution in [-0.2, 0) is 4.79 Å². The SMILES string of the molecule is CCOc1ccccc1NC(=O)[C@H](CC)Oc1ccc(Cl)cc1. The lowest BCUT2D eigenvalue weighted by atomic mass is 10.2. The number of rotatable bonds is 7. The molecular weight excluding hydrogens is 314 g/mol. The van der Waals surface area contributed by atoms with E-state index in [0.29, 0.717) is 35.2 Å². The number of ether oxygens (including phenoxy) is 2. The summed E-state index contributed by atoms with van der Waals surface area (Å²) in [6, 6.07) is 14.3. The van der Waals surface area contributed by atoms with Gasteiger partial charge >= 0.3 is 0 Å². The minimum atomic E-state index is -0.592. The van der Waals surface area contributed by atoms with Gasteiger partial charge in [0, 0.05) is 5.02 Å². The molecule has 23 heavy (non-hydrogen) atoms. The van der Waals surface area contributed by atoms with Crippen LogP contribution in [0, 0.1) is 0 Å². The highest BCUT2D eigenvalue weighted by Gasteiger charge is 2.19. The Morgan fingerprint density at radius 2 is 1.83 bits per heavy atom. The molecule has 0 aromatic heterocycles. The van der Waals surface area contributed by atoms with Gasteiger partial charge in [-0.15, -0.1) is 0 Å². The molecule has 0 spiro atoms. The number of halogens is 1. The van der Waals surface area contributed by atoms with Gasteiger partial charge in [0.15, 0.2) is 6.10 Å². The summed E-state index contributed by atoms with van der Waals surface area (Å²) in [5, 5.41) is 3.49. The van der Waals surface area contributed by atoms with Crippen LogP contribution in [0.2, 0.25) is 5.02 Å². The highest BCUT2D eigenvalue weighted by Crippen LogP contribution is 2.24. The molecule has 4 nitrogen and oxygen atoms in total. The number of anilines is 1. The Bertz CT molecular complexity index is 643. The zero-order valence-electron chi connectivity index (χ0n) is 13.2. The molecule has 122 valence electrons. The summed E-state index contributed by atoms with van der Waals surface area (Å²) in [6.07, 6.45) is -0.0449. The van der Waals surface area contributed by atoms with Gasteiger partial charge in [0.25, 0.3) is 5.91 Å². The van der Waals surface area contributed by atoms with Gasteiger partial charge in [0.1, 0.15) is 11.5 Å². The minimum absolute atomic E-state index is 0.213. The summed E-state index contributed by atoms with van der Waals surface area (Å²) >= 11 is 5.85. The summed E-state index contributed by atoms with van der Waals surface area (Å²) in [7, 11) is 0. The van der Waals surface area contributed by atoms with E-state index in [0.717, 1.165) is 0 Å². The molecule has 2 aromatic carbocycles. The van der Waals surface area contributed by atoms with Crippen molar-refractivity contribution in [1.29, 1.82) is 0 Å². The van der Waals surface area contributed by atoms with Crippen LogP contribution in [0.15, 0.2) is 48.5 Å². The van der Waals surface area contributed by atoms with Gasteiger partial charge < -0.3 is 14.8 Å². The summed E-state index contributed by atoms with van der Waals surface area (Å²) in [5.41, 5.74) is 0.637. The summed E-state index contributed by atoms with van der Waals surface area (Å²) in [6.45, 7) is 4.33. The average Bonchev–Trinajstić information content (AvgIpc) is 2.56. The van der Waals surface area contributed by atoms with Crippen molar-refractivity contribution in [1.82, 2.24) is 0 Å². The maximum atomic E-state index is 12.5. The van der Waals surface area contributed by atoms with Crippen LogP contribution in [0.25, 0.3) is 0 Å². The Hall–Kier alpha value is -2.20. The van der Waals surface area contributed by atoms with E-state index < -0.39 is 6.10 Å². The van der Waals surface area contributed by atoms with Gasteiger partial charge in [0.05, 0.1) is 12.3 Å². The fourth-order valence-electron chi connectivity index (χ4n) is 2.06. The number of hydrogen-bond acceptors (Lipinski definition) is 3. The summed E-state index contributed by atoms with van der Waals surface area (Å²) < 4.78 is 11.3. The molecule has 0 bridgehead atoms. The largest absolute Gasteiger partial charge is 0.492 e. The molecular formula is C18H20ClNO3. The molecule has 2 aromatic rings. The Kier molecular flexibility index (Phi) is 6.29. The maximum absolute atomic E-state index is 12.5. The second-order valence-corrected chi connectivity index (χ2v) is 5.32. The number of hydrogen-bond donors (Lipinski definition) is 1. The Balaban J connectivity index is 2.06. The standard InChI is InChI=1S/C18H20ClNO3/c1-3-16(23-14-11-9-13(19)10-12-14)18(21)20-15-7-5-6-8-17(15)22-4-2/h5-12,16H,3-4H2,1-2H3,(H,20,21)/t16-/m0/s1. The molecule has 0 saturated heterocycles. The van der Waals surface area contributed by atoms with E-state index in [4.69, 9.17) is 21.1 Å². The molecule has 0 aliphatic rings. The molecule has 0 saturated carbocycles. The van der Waals surface area contributed by atoms with Gasteiger partial charge in [0.2, 0.25) is 0 Å². The van der Waals surface area contributed by atoms with Crippen molar-refractivity contribution < 1.29 is 14.3 Å². The van der Waals surface area contributed by atoms with Crippen LogP contribution >= 0.6 is 11.6 Å². The first kappa shape index (κ1) is 17.2. The molecule has 2 rings (SSSR count). The minimum Gasteiger partial charge on any atom is -0.492 e. The molecule has 0 aliphatic heterocycles. The third-order valence-corrected chi connectivity index (χ3v) is 3.45. The molecule has 0 heterocycles. The van der Waals surface area contributed by atoms with E-state index in [-0.39, 0.29) is 5.91 Å². The Morgan fingerprint density at radius 1 is 1.13 bits per heavy atom. The monoisotopic (exact) mass is 333 g/mol. The number of amides is 1. The first-order valence-electron chi connectivity index (χ1n) is 7.59. The fraction of sp³-hybridized carbons (Fsp3) is 0.278. The number of nitrogens with one attached hydrogen (secondary N) is 1. The van der Waals surface area contributed by atoms with Gasteiger partial charge in [-0.05, 0) is 49.7 Å². The zero-order chi connectivity index (χ0) is 16.7. The number of benzene rings is 2. The lowest BCUT2D eigenvalue weighted by Crippen LogP contribution is -2.32. The van der Waals surface area contributed by atoms with Crippen molar-refractivity contribution in [3.05, 3.63) is 53.6 Å². The smallest absolute Gasteiger partial charge is 0.265 e. The molecule has 0 aliphatic carbocycles. The topological polar surface area (TPSA) is 47.6 Å². The fourth-order valence-corrected chi connectivity index (χ4v) is 2.19. The molecule has 1 N–H and O–H groups in total. The quantitative estimate of drug-likeness (QED) is 0.809. The molecule has 5 heteroatoms. The maximum Gasteiger partial charge on any atom is 0.265 e. The summed E-state index contributed by atoms with van der Waals surface area (Å²) in [5.74, 6) is 1.04. The molecule has 1 atom stereocenters. The zero-order valence-corrected chi connectivity index (χ0v) is 14.0. The van der Waals surface area contributed by atoms with Gasteiger partial charge in [-0.3, -0.25) is 4.79 Å². The van der Waals surface area contributed by atoms with E-state index >= 15 is 0 Å². The molecule has 1 amide bonds. The second kappa shape index (κ2) is 8.44. The average molecular weight is 334 g/mol. The molecule has 0 unspecified atom stereocenters. The van der Waals surface area contributed by atoms with Crippen molar-refractivity contribution in [3.63, 3.8) is 0 Å². The predicted octanol–water partition coefficient (Wildman–Crippen LogP) is 4.53. The van der Waals surface area contributed by atoms with E-state index in [1.807, 2.05) is 32.0 Å². The Labute approximate surface area is 141 Å². The van der Waals surface area contributed by atoms with E-state index in [1.165, 1.54) is 0 Å². The van der Waals surface area contributed by atoms with Crippen LogP contribution in [0.1, 0.15) is 20.3 Å².